The summed E-state index contributed by atoms with van der Waals surface area (Å²) in [5.41, 5.74) is 3.97. The van der Waals surface area contributed by atoms with Crippen molar-refractivity contribution < 1.29 is 13.6 Å². The van der Waals surface area contributed by atoms with Crippen molar-refractivity contribution in [2.45, 2.75) is 33.1 Å². The zero-order chi connectivity index (χ0) is 21.0. The fourth-order valence-electron chi connectivity index (χ4n) is 3.34. The first-order valence-corrected chi connectivity index (χ1v) is 9.62. The number of amides is 1. The Labute approximate surface area is 169 Å². The Hall–Kier alpha value is -3.08. The minimum atomic E-state index is -0.682. The van der Waals surface area contributed by atoms with Gasteiger partial charge < -0.3 is 5.32 Å². The number of carbonyl (C=O) groups is 1. The highest BCUT2D eigenvalue weighted by atomic mass is 19.1. The van der Waals surface area contributed by atoms with Crippen LogP contribution < -0.4 is 5.32 Å². The van der Waals surface area contributed by atoms with E-state index in [0.717, 1.165) is 22.9 Å². The summed E-state index contributed by atoms with van der Waals surface area (Å²) in [6, 6.07) is 14.7. The number of aryl methyl sites for hydroxylation is 1. The van der Waals surface area contributed by atoms with E-state index in [1.807, 2.05) is 57.2 Å². The molecule has 0 fully saturated rings. The molecule has 0 aliphatic rings. The average Bonchev–Trinajstić information content (AvgIpc) is 2.65. The van der Waals surface area contributed by atoms with E-state index >= 15 is 0 Å². The molecular weight excluding hydrogens is 370 g/mol. The molecule has 0 aliphatic carbocycles. The van der Waals surface area contributed by atoms with E-state index in [1.165, 1.54) is 12.1 Å². The summed E-state index contributed by atoms with van der Waals surface area (Å²) in [6.07, 6.45) is 2.25. The van der Waals surface area contributed by atoms with Gasteiger partial charge in [-0.05, 0) is 72.4 Å². The third-order valence-electron chi connectivity index (χ3n) is 4.69. The topological polar surface area (TPSA) is 42.0 Å². The van der Waals surface area contributed by atoms with Gasteiger partial charge in [-0.1, -0.05) is 26.0 Å². The molecule has 0 aliphatic heterocycles. The summed E-state index contributed by atoms with van der Waals surface area (Å²) in [5, 5.41) is 2.88. The van der Waals surface area contributed by atoms with Gasteiger partial charge in [0.2, 0.25) is 5.91 Å². The van der Waals surface area contributed by atoms with Gasteiger partial charge >= 0.3 is 0 Å². The van der Waals surface area contributed by atoms with Gasteiger partial charge in [0.05, 0.1) is 5.92 Å². The minimum Gasteiger partial charge on any atom is -0.326 e. The van der Waals surface area contributed by atoms with E-state index in [1.54, 1.807) is 6.20 Å². The van der Waals surface area contributed by atoms with Gasteiger partial charge in [0.25, 0.3) is 0 Å². The Balaban J connectivity index is 1.80. The van der Waals surface area contributed by atoms with Crippen LogP contribution in [0.3, 0.4) is 0 Å². The summed E-state index contributed by atoms with van der Waals surface area (Å²) in [5.74, 6) is -2.09. The number of nitrogens with zero attached hydrogens (tertiary/aromatic N) is 1. The number of hydrogen-bond acceptors (Lipinski definition) is 2. The van der Waals surface area contributed by atoms with E-state index in [9.17, 15) is 13.6 Å². The molecule has 1 N–H and O–H groups in total. The predicted molar refractivity (Wildman–Crippen MR) is 112 cm³/mol. The van der Waals surface area contributed by atoms with Crippen LogP contribution in [0.2, 0.25) is 0 Å². The van der Waals surface area contributed by atoms with Crippen LogP contribution in [0.4, 0.5) is 14.5 Å². The number of aromatic nitrogens is 1. The van der Waals surface area contributed by atoms with Crippen molar-refractivity contribution in [1.82, 2.24) is 4.98 Å². The number of nitrogens with one attached hydrogen (secondary N) is 1. The number of rotatable bonds is 6. The van der Waals surface area contributed by atoms with E-state index in [2.05, 4.69) is 10.3 Å². The van der Waals surface area contributed by atoms with Gasteiger partial charge in [0.15, 0.2) is 0 Å². The monoisotopic (exact) mass is 394 g/mol. The molecular formula is C24H24F2N2O. The van der Waals surface area contributed by atoms with Crippen LogP contribution in [-0.2, 0) is 4.79 Å². The molecule has 2 aromatic carbocycles. The molecule has 1 atom stereocenters. The van der Waals surface area contributed by atoms with Gasteiger partial charge in [-0.25, -0.2) is 8.78 Å². The van der Waals surface area contributed by atoms with E-state index in [4.69, 9.17) is 0 Å². The van der Waals surface area contributed by atoms with Gasteiger partial charge in [-0.15, -0.1) is 0 Å². The van der Waals surface area contributed by atoms with Crippen LogP contribution in [0.5, 0.6) is 0 Å². The molecule has 1 amide bonds. The Morgan fingerprint density at radius 2 is 1.62 bits per heavy atom. The molecule has 0 bridgehead atoms. The number of anilines is 1. The van der Waals surface area contributed by atoms with E-state index < -0.39 is 17.6 Å². The van der Waals surface area contributed by atoms with Crippen molar-refractivity contribution in [2.75, 3.05) is 5.32 Å². The Morgan fingerprint density at radius 3 is 2.21 bits per heavy atom. The summed E-state index contributed by atoms with van der Waals surface area (Å²) in [6.45, 7) is 5.88. The molecule has 0 unspecified atom stereocenters. The zero-order valence-electron chi connectivity index (χ0n) is 16.7. The lowest BCUT2D eigenvalue weighted by atomic mass is 9.89. The largest absolute Gasteiger partial charge is 0.326 e. The van der Waals surface area contributed by atoms with Crippen molar-refractivity contribution in [3.05, 3.63) is 83.7 Å². The van der Waals surface area contributed by atoms with Crippen molar-refractivity contribution in [3.63, 3.8) is 0 Å². The maximum atomic E-state index is 13.7. The Bertz CT molecular complexity index is 980. The lowest BCUT2D eigenvalue weighted by Gasteiger charge is -2.19. The van der Waals surface area contributed by atoms with Crippen LogP contribution in [0.1, 0.15) is 37.4 Å². The number of halogens is 2. The van der Waals surface area contributed by atoms with Crippen LogP contribution >= 0.6 is 0 Å². The normalized spacial score (nSPS) is 12.1. The molecule has 3 aromatic rings. The highest BCUT2D eigenvalue weighted by Gasteiger charge is 2.23. The first-order valence-electron chi connectivity index (χ1n) is 9.62. The third kappa shape index (κ3) is 5.47. The quantitative estimate of drug-likeness (QED) is 0.549. The molecule has 0 spiro atoms. The molecule has 5 heteroatoms. The lowest BCUT2D eigenvalue weighted by molar-refractivity contribution is -0.117. The second-order valence-corrected chi connectivity index (χ2v) is 7.64. The van der Waals surface area contributed by atoms with Crippen LogP contribution in [0.25, 0.3) is 11.1 Å². The number of carbonyl (C=O) groups excluding carboxylic acids is 1. The first-order chi connectivity index (χ1) is 13.8. The molecule has 29 heavy (non-hydrogen) atoms. The summed E-state index contributed by atoms with van der Waals surface area (Å²) in [4.78, 5) is 17.1. The van der Waals surface area contributed by atoms with E-state index in [-0.39, 0.29) is 11.8 Å². The van der Waals surface area contributed by atoms with Gasteiger partial charge in [0, 0.05) is 23.6 Å². The maximum absolute atomic E-state index is 13.7. The highest BCUT2D eigenvalue weighted by Crippen LogP contribution is 2.28. The zero-order valence-corrected chi connectivity index (χ0v) is 16.7. The Kier molecular flexibility index (Phi) is 6.37. The standard InChI is InChI=1S/C24H24F2N2O/c1-15(2)10-23(19-12-20(25)14-21(26)13-19)24(29)28-22-6-4-17(5-7-22)18-8-9-27-16(3)11-18/h4-9,11-15,23H,10H2,1-3H3,(H,28,29)/t23-/m0/s1. The molecule has 3 rings (SSSR count). The molecule has 0 saturated heterocycles. The molecule has 0 saturated carbocycles. The molecule has 1 heterocycles. The smallest absolute Gasteiger partial charge is 0.231 e. The SMILES string of the molecule is Cc1cc(-c2ccc(NC(=O)[C@@H](CC(C)C)c3cc(F)cc(F)c3)cc2)ccn1. The minimum absolute atomic E-state index is 0.189. The predicted octanol–water partition coefficient (Wildman–Crippen LogP) is 6.10. The lowest BCUT2D eigenvalue weighted by Crippen LogP contribution is -2.23. The van der Waals surface area contributed by atoms with Crippen LogP contribution in [0.15, 0.2) is 60.8 Å². The van der Waals surface area contributed by atoms with Gasteiger partial charge in [0.1, 0.15) is 11.6 Å². The van der Waals surface area contributed by atoms with Crippen molar-refractivity contribution in [1.29, 1.82) is 0 Å². The summed E-state index contributed by atoms with van der Waals surface area (Å²) < 4.78 is 27.3. The maximum Gasteiger partial charge on any atom is 0.231 e. The molecule has 3 nitrogen and oxygen atoms in total. The fraction of sp³-hybridized carbons (Fsp3) is 0.250. The van der Waals surface area contributed by atoms with Crippen molar-refractivity contribution in [2.24, 2.45) is 5.92 Å². The van der Waals surface area contributed by atoms with Gasteiger partial charge in [-0.3, -0.25) is 9.78 Å². The van der Waals surface area contributed by atoms with E-state index in [0.29, 0.717) is 17.7 Å². The van der Waals surface area contributed by atoms with Crippen molar-refractivity contribution >= 4 is 11.6 Å². The first kappa shape index (κ1) is 20.6. The molecule has 150 valence electrons. The summed E-state index contributed by atoms with van der Waals surface area (Å²) >= 11 is 0. The highest BCUT2D eigenvalue weighted by molar-refractivity contribution is 5.96. The Morgan fingerprint density at radius 1 is 0.966 bits per heavy atom. The van der Waals surface area contributed by atoms with Crippen LogP contribution in [0, 0.1) is 24.5 Å². The average molecular weight is 394 g/mol. The number of pyridine rings is 1. The second-order valence-electron chi connectivity index (χ2n) is 7.64. The third-order valence-corrected chi connectivity index (χ3v) is 4.69. The number of hydrogen-bond donors (Lipinski definition) is 1. The molecule has 0 radical (unpaired) electrons. The van der Waals surface area contributed by atoms with Crippen molar-refractivity contribution in [3.8, 4) is 11.1 Å². The second kappa shape index (κ2) is 8.95. The van der Waals surface area contributed by atoms with Gasteiger partial charge in [-0.2, -0.15) is 0 Å². The summed E-state index contributed by atoms with van der Waals surface area (Å²) in [7, 11) is 0. The molecule has 1 aromatic heterocycles. The fourth-order valence-corrected chi connectivity index (χ4v) is 3.34. The van der Waals surface area contributed by atoms with Crippen LogP contribution in [-0.4, -0.2) is 10.9 Å². The number of benzene rings is 2.